The Kier molecular flexibility index (Phi) is 3.25. The third-order valence-corrected chi connectivity index (χ3v) is 2.14. The number of rotatable bonds is 3. The van der Waals surface area contributed by atoms with Gasteiger partial charge in [0.15, 0.2) is 0 Å². The van der Waals surface area contributed by atoms with Gasteiger partial charge in [-0.05, 0) is 24.3 Å². The molecule has 2 aromatic heterocycles. The summed E-state index contributed by atoms with van der Waals surface area (Å²) in [6.45, 7) is 0.307. The zero-order chi connectivity index (χ0) is 12.1. The van der Waals surface area contributed by atoms with Crippen molar-refractivity contribution in [1.29, 1.82) is 0 Å². The minimum Gasteiger partial charge on any atom is -0.383 e. The number of nitrogens with two attached hydrogens (primary N) is 1. The van der Waals surface area contributed by atoms with E-state index in [-0.39, 0.29) is 11.7 Å². The molecule has 0 atom stereocenters. The van der Waals surface area contributed by atoms with Crippen molar-refractivity contribution in [3.63, 3.8) is 0 Å². The van der Waals surface area contributed by atoms with Gasteiger partial charge < -0.3 is 11.1 Å². The first kappa shape index (κ1) is 11.0. The molecule has 2 aromatic rings. The maximum absolute atomic E-state index is 11.8. The third kappa shape index (κ3) is 2.75. The van der Waals surface area contributed by atoms with Crippen molar-refractivity contribution >= 4 is 11.7 Å². The molecule has 0 bridgehead atoms. The van der Waals surface area contributed by atoms with Crippen LogP contribution in [-0.4, -0.2) is 21.1 Å². The van der Waals surface area contributed by atoms with E-state index in [1.54, 1.807) is 30.5 Å². The zero-order valence-electron chi connectivity index (χ0n) is 9.00. The molecule has 0 unspecified atom stereocenters. The van der Waals surface area contributed by atoms with Gasteiger partial charge in [-0.25, -0.2) is 4.98 Å². The van der Waals surface area contributed by atoms with Gasteiger partial charge in [0.05, 0.1) is 17.8 Å². The molecule has 86 valence electrons. The van der Waals surface area contributed by atoms with E-state index >= 15 is 0 Å². The van der Waals surface area contributed by atoms with Gasteiger partial charge in [-0.3, -0.25) is 4.79 Å². The van der Waals surface area contributed by atoms with Crippen LogP contribution < -0.4 is 11.1 Å². The molecule has 0 aliphatic carbocycles. The molecular formula is C11H11N5O. The van der Waals surface area contributed by atoms with Crippen LogP contribution in [0.15, 0.2) is 36.7 Å². The summed E-state index contributed by atoms with van der Waals surface area (Å²) in [5.41, 5.74) is 6.63. The fraction of sp³-hybridized carbons (Fsp3) is 0.0909. The number of aromatic nitrogens is 3. The highest BCUT2D eigenvalue weighted by Crippen LogP contribution is 2.06. The predicted octanol–water partition coefficient (Wildman–Crippen LogP) is 0.384. The molecule has 17 heavy (non-hydrogen) atoms. The van der Waals surface area contributed by atoms with Crippen LogP contribution in [0.5, 0.6) is 0 Å². The minimum absolute atomic E-state index is 0.212. The number of pyridine rings is 1. The van der Waals surface area contributed by atoms with E-state index in [4.69, 9.17) is 5.73 Å². The van der Waals surface area contributed by atoms with Crippen LogP contribution in [0.4, 0.5) is 5.82 Å². The van der Waals surface area contributed by atoms with Gasteiger partial charge in [-0.1, -0.05) is 0 Å². The van der Waals surface area contributed by atoms with Crippen molar-refractivity contribution in [2.45, 2.75) is 6.54 Å². The summed E-state index contributed by atoms with van der Waals surface area (Å²) in [5, 5.41) is 10.3. The molecule has 6 heteroatoms. The van der Waals surface area contributed by atoms with E-state index < -0.39 is 0 Å². The largest absolute Gasteiger partial charge is 0.383 e. The topological polar surface area (TPSA) is 93.8 Å². The van der Waals surface area contributed by atoms with Crippen LogP contribution >= 0.6 is 0 Å². The Labute approximate surface area is 97.9 Å². The van der Waals surface area contributed by atoms with Crippen molar-refractivity contribution in [2.24, 2.45) is 0 Å². The Morgan fingerprint density at radius 1 is 1.29 bits per heavy atom. The Morgan fingerprint density at radius 2 is 2.12 bits per heavy atom. The molecule has 0 radical (unpaired) electrons. The number of nitrogens with zero attached hydrogens (tertiary/aromatic N) is 3. The van der Waals surface area contributed by atoms with Crippen molar-refractivity contribution in [1.82, 2.24) is 20.5 Å². The Bertz CT molecular complexity index is 514. The molecule has 0 aliphatic heterocycles. The number of nitrogens with one attached hydrogen (secondary N) is 1. The average Bonchev–Trinajstić information content (AvgIpc) is 2.38. The molecule has 0 fully saturated rings. The second-order valence-corrected chi connectivity index (χ2v) is 3.33. The van der Waals surface area contributed by atoms with Gasteiger partial charge in [-0.15, -0.1) is 0 Å². The number of hydrogen-bond acceptors (Lipinski definition) is 5. The van der Waals surface area contributed by atoms with Crippen LogP contribution in [0.2, 0.25) is 0 Å². The fourth-order valence-corrected chi connectivity index (χ4v) is 1.30. The average molecular weight is 229 g/mol. The summed E-state index contributed by atoms with van der Waals surface area (Å²) >= 11 is 0. The molecule has 0 saturated heterocycles. The zero-order valence-corrected chi connectivity index (χ0v) is 9.00. The van der Waals surface area contributed by atoms with Gasteiger partial charge >= 0.3 is 0 Å². The van der Waals surface area contributed by atoms with Crippen molar-refractivity contribution in [3.05, 3.63) is 47.9 Å². The standard InChI is InChI=1S/C11H11N5O/c12-10-9(4-2-5-13-10)11(17)14-7-8-3-1-6-15-16-8/h1-6H,7H2,(H2,12,13)(H,14,17). The number of carbonyl (C=O) groups is 1. The Hall–Kier alpha value is -2.50. The summed E-state index contributed by atoms with van der Waals surface area (Å²) in [5.74, 6) is -0.0644. The molecule has 0 saturated carbocycles. The molecule has 2 rings (SSSR count). The van der Waals surface area contributed by atoms with E-state index in [2.05, 4.69) is 20.5 Å². The third-order valence-electron chi connectivity index (χ3n) is 2.14. The summed E-state index contributed by atoms with van der Waals surface area (Å²) in [4.78, 5) is 15.6. The first-order valence-electron chi connectivity index (χ1n) is 5.02. The summed E-state index contributed by atoms with van der Waals surface area (Å²) in [6.07, 6.45) is 3.11. The Morgan fingerprint density at radius 3 is 2.82 bits per heavy atom. The minimum atomic E-state index is -0.277. The van der Waals surface area contributed by atoms with Crippen molar-refractivity contribution < 1.29 is 4.79 Å². The smallest absolute Gasteiger partial charge is 0.255 e. The van der Waals surface area contributed by atoms with Crippen LogP contribution in [0.1, 0.15) is 16.1 Å². The molecule has 2 heterocycles. The molecule has 1 amide bonds. The van der Waals surface area contributed by atoms with E-state index in [0.29, 0.717) is 17.8 Å². The number of hydrogen-bond donors (Lipinski definition) is 2. The normalized spacial score (nSPS) is 9.88. The molecule has 3 N–H and O–H groups in total. The predicted molar refractivity (Wildman–Crippen MR) is 61.9 cm³/mol. The lowest BCUT2D eigenvalue weighted by Gasteiger charge is -2.05. The number of anilines is 1. The van der Waals surface area contributed by atoms with Gasteiger partial charge in [-0.2, -0.15) is 10.2 Å². The van der Waals surface area contributed by atoms with Crippen molar-refractivity contribution in [3.8, 4) is 0 Å². The molecular weight excluding hydrogens is 218 g/mol. The van der Waals surface area contributed by atoms with Crippen LogP contribution in [-0.2, 0) is 6.54 Å². The molecule has 0 aromatic carbocycles. The van der Waals surface area contributed by atoms with E-state index in [1.165, 1.54) is 6.20 Å². The monoisotopic (exact) mass is 229 g/mol. The molecule has 0 spiro atoms. The van der Waals surface area contributed by atoms with E-state index in [9.17, 15) is 4.79 Å². The highest BCUT2D eigenvalue weighted by molar-refractivity contribution is 5.98. The number of nitrogen functional groups attached to an aromatic ring is 1. The van der Waals surface area contributed by atoms with Crippen LogP contribution in [0.25, 0.3) is 0 Å². The second kappa shape index (κ2) is 5.02. The van der Waals surface area contributed by atoms with Gasteiger partial charge in [0.1, 0.15) is 5.82 Å². The lowest BCUT2D eigenvalue weighted by atomic mass is 10.2. The lowest BCUT2D eigenvalue weighted by molar-refractivity contribution is 0.0951. The molecule has 6 nitrogen and oxygen atoms in total. The highest BCUT2D eigenvalue weighted by atomic mass is 16.1. The second-order valence-electron chi connectivity index (χ2n) is 3.33. The first-order valence-corrected chi connectivity index (χ1v) is 5.02. The maximum Gasteiger partial charge on any atom is 0.255 e. The van der Waals surface area contributed by atoms with Crippen LogP contribution in [0.3, 0.4) is 0 Å². The van der Waals surface area contributed by atoms with Crippen molar-refractivity contribution in [2.75, 3.05) is 5.73 Å². The number of amides is 1. The quantitative estimate of drug-likeness (QED) is 0.793. The van der Waals surface area contributed by atoms with Gasteiger partial charge in [0.2, 0.25) is 0 Å². The molecule has 0 aliphatic rings. The first-order chi connectivity index (χ1) is 8.27. The summed E-state index contributed by atoms with van der Waals surface area (Å²) in [6, 6.07) is 6.81. The van der Waals surface area contributed by atoms with Gasteiger partial charge in [0.25, 0.3) is 5.91 Å². The fourth-order valence-electron chi connectivity index (χ4n) is 1.30. The van der Waals surface area contributed by atoms with E-state index in [0.717, 1.165) is 0 Å². The summed E-state index contributed by atoms with van der Waals surface area (Å²) < 4.78 is 0. The lowest BCUT2D eigenvalue weighted by Crippen LogP contribution is -2.24. The number of carbonyl (C=O) groups excluding carboxylic acids is 1. The van der Waals surface area contributed by atoms with Crippen LogP contribution in [0, 0.1) is 0 Å². The van der Waals surface area contributed by atoms with E-state index in [1.807, 2.05) is 0 Å². The maximum atomic E-state index is 11.8. The Balaban J connectivity index is 2.01. The highest BCUT2D eigenvalue weighted by Gasteiger charge is 2.09. The van der Waals surface area contributed by atoms with Gasteiger partial charge in [0, 0.05) is 12.4 Å². The SMILES string of the molecule is Nc1ncccc1C(=O)NCc1cccnn1. The summed E-state index contributed by atoms with van der Waals surface area (Å²) in [7, 11) is 0.